The number of para-hydroxylation sites is 1. The molecule has 0 atom stereocenters. The van der Waals surface area contributed by atoms with Gasteiger partial charge in [-0.2, -0.15) is 0 Å². The molecule has 0 amide bonds. The predicted octanol–water partition coefficient (Wildman–Crippen LogP) is 2.93. The van der Waals surface area contributed by atoms with Crippen LogP contribution in [-0.4, -0.2) is 29.5 Å². The van der Waals surface area contributed by atoms with E-state index in [4.69, 9.17) is 4.74 Å². The van der Waals surface area contributed by atoms with Gasteiger partial charge in [-0.3, -0.25) is 0 Å². The molecule has 1 aromatic rings. The normalized spacial score (nSPS) is 16.4. The fraction of sp³-hybridized carbons (Fsp3) is 0.625. The fourth-order valence-electron chi connectivity index (χ4n) is 2.62. The van der Waals surface area contributed by atoms with Crippen LogP contribution in [0, 0.1) is 0 Å². The smallest absolute Gasteiger partial charge is 0.161 e. The van der Waals surface area contributed by atoms with E-state index in [1.165, 1.54) is 38.2 Å². The van der Waals surface area contributed by atoms with Crippen molar-refractivity contribution in [2.75, 3.05) is 13.2 Å². The van der Waals surface area contributed by atoms with Gasteiger partial charge in [-0.15, -0.1) is 0 Å². The van der Waals surface area contributed by atoms with E-state index < -0.39 is 0 Å². The summed E-state index contributed by atoms with van der Waals surface area (Å²) in [6.45, 7) is 2.20. The Labute approximate surface area is 120 Å². The van der Waals surface area contributed by atoms with Crippen LogP contribution in [0.3, 0.4) is 0 Å². The fourth-order valence-corrected chi connectivity index (χ4v) is 2.62. The molecular formula is C16H25NO3. The summed E-state index contributed by atoms with van der Waals surface area (Å²) in [4.78, 5) is 0. The Hall–Kier alpha value is -1.26. The molecule has 2 rings (SSSR count). The number of hydrogen-bond acceptors (Lipinski definition) is 4. The molecule has 0 heterocycles. The average Bonchev–Trinajstić information content (AvgIpc) is 2.48. The van der Waals surface area contributed by atoms with Crippen LogP contribution in [0.15, 0.2) is 18.2 Å². The highest BCUT2D eigenvalue weighted by Gasteiger charge is 2.12. The standard InChI is InChI=1S/C16H25NO3/c18-15-9-4-6-13(16(15)19)12-17-10-5-11-20-14-7-2-1-3-8-14/h4,6,9,14,17-19H,1-3,5,7-8,10-12H2. The van der Waals surface area contributed by atoms with E-state index in [1.807, 2.05) is 0 Å². The van der Waals surface area contributed by atoms with Gasteiger partial charge in [0.2, 0.25) is 0 Å². The third-order valence-corrected chi connectivity index (χ3v) is 3.82. The maximum Gasteiger partial charge on any atom is 0.161 e. The second-order valence-corrected chi connectivity index (χ2v) is 5.45. The van der Waals surface area contributed by atoms with E-state index in [0.717, 1.165) is 25.1 Å². The van der Waals surface area contributed by atoms with Gasteiger partial charge in [0.15, 0.2) is 11.5 Å². The number of rotatable bonds is 7. The number of aromatic hydroxyl groups is 2. The highest BCUT2D eigenvalue weighted by atomic mass is 16.5. The van der Waals surface area contributed by atoms with Gasteiger partial charge in [-0.25, -0.2) is 0 Å². The van der Waals surface area contributed by atoms with Gasteiger partial charge < -0.3 is 20.3 Å². The lowest BCUT2D eigenvalue weighted by Crippen LogP contribution is -2.20. The van der Waals surface area contributed by atoms with Gasteiger partial charge in [0.05, 0.1) is 6.10 Å². The molecule has 0 bridgehead atoms. The second-order valence-electron chi connectivity index (χ2n) is 5.45. The first kappa shape index (κ1) is 15.1. The quantitative estimate of drug-likeness (QED) is 0.530. The van der Waals surface area contributed by atoms with E-state index in [2.05, 4.69) is 5.32 Å². The lowest BCUT2D eigenvalue weighted by molar-refractivity contribution is 0.0273. The highest BCUT2D eigenvalue weighted by molar-refractivity contribution is 5.44. The summed E-state index contributed by atoms with van der Waals surface area (Å²) >= 11 is 0. The molecule has 20 heavy (non-hydrogen) atoms. The first-order valence-corrected chi connectivity index (χ1v) is 7.59. The summed E-state index contributed by atoms with van der Waals surface area (Å²) in [6, 6.07) is 5.02. The van der Waals surface area contributed by atoms with Crippen molar-refractivity contribution in [3.05, 3.63) is 23.8 Å². The molecule has 112 valence electrons. The molecular weight excluding hydrogens is 254 g/mol. The molecule has 0 aliphatic heterocycles. The molecule has 0 spiro atoms. The van der Waals surface area contributed by atoms with Crippen molar-refractivity contribution < 1.29 is 14.9 Å². The van der Waals surface area contributed by atoms with Crippen LogP contribution in [0.4, 0.5) is 0 Å². The Morgan fingerprint density at radius 3 is 2.75 bits per heavy atom. The molecule has 1 aromatic carbocycles. The van der Waals surface area contributed by atoms with Crippen molar-refractivity contribution in [1.82, 2.24) is 5.32 Å². The number of nitrogens with one attached hydrogen (secondary N) is 1. The van der Waals surface area contributed by atoms with E-state index in [1.54, 1.807) is 12.1 Å². The minimum atomic E-state index is -0.0649. The van der Waals surface area contributed by atoms with Crippen molar-refractivity contribution in [1.29, 1.82) is 0 Å². The number of benzene rings is 1. The van der Waals surface area contributed by atoms with E-state index >= 15 is 0 Å². The summed E-state index contributed by atoms with van der Waals surface area (Å²) in [7, 11) is 0. The van der Waals surface area contributed by atoms with Gasteiger partial charge in [0.25, 0.3) is 0 Å². The largest absolute Gasteiger partial charge is 0.504 e. The van der Waals surface area contributed by atoms with Crippen LogP contribution in [0.5, 0.6) is 11.5 Å². The van der Waals surface area contributed by atoms with Crippen molar-refractivity contribution in [2.45, 2.75) is 51.2 Å². The summed E-state index contributed by atoms with van der Waals surface area (Å²) in [5, 5.41) is 22.3. The van der Waals surface area contributed by atoms with Crippen LogP contribution in [0.1, 0.15) is 44.1 Å². The molecule has 0 unspecified atom stereocenters. The predicted molar refractivity (Wildman–Crippen MR) is 78.9 cm³/mol. The van der Waals surface area contributed by atoms with E-state index in [9.17, 15) is 10.2 Å². The highest BCUT2D eigenvalue weighted by Crippen LogP contribution is 2.27. The monoisotopic (exact) mass is 279 g/mol. The zero-order valence-corrected chi connectivity index (χ0v) is 12.0. The minimum Gasteiger partial charge on any atom is -0.504 e. The van der Waals surface area contributed by atoms with Crippen molar-refractivity contribution in [3.8, 4) is 11.5 Å². The van der Waals surface area contributed by atoms with Crippen molar-refractivity contribution in [3.63, 3.8) is 0 Å². The molecule has 0 aromatic heterocycles. The molecule has 1 fully saturated rings. The number of ether oxygens (including phenoxy) is 1. The van der Waals surface area contributed by atoms with Crippen molar-refractivity contribution >= 4 is 0 Å². The van der Waals surface area contributed by atoms with E-state index in [0.29, 0.717) is 12.6 Å². The molecule has 0 radical (unpaired) electrons. The minimum absolute atomic E-state index is 0.0292. The SMILES string of the molecule is Oc1cccc(CNCCCOC2CCCCC2)c1O. The zero-order valence-electron chi connectivity index (χ0n) is 12.0. The van der Waals surface area contributed by atoms with Gasteiger partial charge in [-0.1, -0.05) is 31.4 Å². The Kier molecular flexibility index (Phi) is 6.15. The van der Waals surface area contributed by atoms with Gasteiger partial charge in [0.1, 0.15) is 0 Å². The third kappa shape index (κ3) is 4.69. The number of hydrogen-bond donors (Lipinski definition) is 3. The summed E-state index contributed by atoms with van der Waals surface area (Å²) < 4.78 is 5.85. The third-order valence-electron chi connectivity index (χ3n) is 3.82. The zero-order chi connectivity index (χ0) is 14.2. The van der Waals surface area contributed by atoms with Gasteiger partial charge >= 0.3 is 0 Å². The Morgan fingerprint density at radius 1 is 1.15 bits per heavy atom. The Bertz CT molecular complexity index is 403. The second kappa shape index (κ2) is 8.12. The van der Waals surface area contributed by atoms with Crippen LogP contribution < -0.4 is 5.32 Å². The Balaban J connectivity index is 1.56. The van der Waals surface area contributed by atoms with Gasteiger partial charge in [0, 0.05) is 18.7 Å². The topological polar surface area (TPSA) is 61.7 Å². The molecule has 1 aliphatic carbocycles. The lowest BCUT2D eigenvalue weighted by atomic mass is 9.98. The number of phenolic OH excluding ortho intramolecular Hbond substituents is 2. The summed E-state index contributed by atoms with van der Waals surface area (Å²) in [6.07, 6.45) is 7.83. The van der Waals surface area contributed by atoms with Crippen LogP contribution >= 0.6 is 0 Å². The molecule has 1 aliphatic rings. The summed E-state index contributed by atoms with van der Waals surface area (Å²) in [5.74, 6) is -0.0941. The summed E-state index contributed by atoms with van der Waals surface area (Å²) in [5.41, 5.74) is 0.721. The molecule has 0 saturated heterocycles. The first-order valence-electron chi connectivity index (χ1n) is 7.59. The number of phenols is 2. The molecule has 4 heteroatoms. The van der Waals surface area contributed by atoms with Crippen LogP contribution in [0.25, 0.3) is 0 Å². The Morgan fingerprint density at radius 2 is 1.95 bits per heavy atom. The molecule has 1 saturated carbocycles. The van der Waals surface area contributed by atoms with Crippen LogP contribution in [-0.2, 0) is 11.3 Å². The maximum absolute atomic E-state index is 9.66. The molecule has 4 nitrogen and oxygen atoms in total. The molecule has 3 N–H and O–H groups in total. The first-order chi connectivity index (χ1) is 9.77. The maximum atomic E-state index is 9.66. The lowest BCUT2D eigenvalue weighted by Gasteiger charge is -2.21. The van der Waals surface area contributed by atoms with E-state index in [-0.39, 0.29) is 11.5 Å². The van der Waals surface area contributed by atoms with Crippen molar-refractivity contribution in [2.24, 2.45) is 0 Å². The average molecular weight is 279 g/mol. The van der Waals surface area contributed by atoms with Gasteiger partial charge in [-0.05, 0) is 31.9 Å². The van der Waals surface area contributed by atoms with Crippen LogP contribution in [0.2, 0.25) is 0 Å².